The standard InChI is InChI=1S/C23H30FN5O2/c1-15-4-9-21(27-13-15)29-22(30)10-11-26-23(25-3)28-16(2)18-7-8-20(19(24)12-18)31-14-17-5-6-17/h4,7-9,12-13,16-17H,5-6,10-11,14H2,1-3H3,(H2,25,26,28)(H,27,29,30). The van der Waals surface area contributed by atoms with Crippen LogP contribution in [0.4, 0.5) is 10.2 Å². The molecular formula is C23H30FN5O2. The van der Waals surface area contributed by atoms with Crippen LogP contribution in [0.3, 0.4) is 0 Å². The van der Waals surface area contributed by atoms with Gasteiger partial charge in [-0.15, -0.1) is 0 Å². The number of hydrogen-bond donors (Lipinski definition) is 3. The molecule has 1 saturated carbocycles. The Hall–Kier alpha value is -3.16. The van der Waals surface area contributed by atoms with Crippen LogP contribution in [0, 0.1) is 18.7 Å². The fourth-order valence-electron chi connectivity index (χ4n) is 2.92. The maximum atomic E-state index is 14.3. The molecule has 1 atom stereocenters. The van der Waals surface area contributed by atoms with Crippen molar-refractivity contribution in [1.29, 1.82) is 0 Å². The van der Waals surface area contributed by atoms with Gasteiger partial charge in [0, 0.05) is 26.2 Å². The molecule has 1 aromatic heterocycles. The van der Waals surface area contributed by atoms with Crippen molar-refractivity contribution >= 4 is 17.7 Å². The highest BCUT2D eigenvalue weighted by molar-refractivity contribution is 5.90. The van der Waals surface area contributed by atoms with E-state index < -0.39 is 0 Å². The minimum atomic E-state index is -0.365. The number of pyridine rings is 1. The van der Waals surface area contributed by atoms with Crippen LogP contribution < -0.4 is 20.7 Å². The zero-order chi connectivity index (χ0) is 22.2. The van der Waals surface area contributed by atoms with E-state index in [0.717, 1.165) is 24.0 Å². The third-order valence-corrected chi connectivity index (χ3v) is 5.03. The number of guanidine groups is 1. The second-order valence-electron chi connectivity index (χ2n) is 7.83. The summed E-state index contributed by atoms with van der Waals surface area (Å²) >= 11 is 0. The lowest BCUT2D eigenvalue weighted by molar-refractivity contribution is -0.116. The van der Waals surface area contributed by atoms with Crippen molar-refractivity contribution in [2.45, 2.75) is 39.2 Å². The number of carbonyl (C=O) groups excluding carboxylic acids is 1. The lowest BCUT2D eigenvalue weighted by Gasteiger charge is -2.19. The third kappa shape index (κ3) is 7.24. The molecule has 166 valence electrons. The smallest absolute Gasteiger partial charge is 0.227 e. The van der Waals surface area contributed by atoms with Crippen molar-refractivity contribution in [1.82, 2.24) is 15.6 Å². The largest absolute Gasteiger partial charge is 0.490 e. The molecule has 1 heterocycles. The molecular weight excluding hydrogens is 397 g/mol. The van der Waals surface area contributed by atoms with Crippen LogP contribution in [0.5, 0.6) is 5.75 Å². The van der Waals surface area contributed by atoms with Crippen LogP contribution >= 0.6 is 0 Å². The van der Waals surface area contributed by atoms with Crippen molar-refractivity contribution in [3.8, 4) is 5.75 Å². The van der Waals surface area contributed by atoms with E-state index in [9.17, 15) is 9.18 Å². The van der Waals surface area contributed by atoms with Gasteiger partial charge in [-0.3, -0.25) is 9.79 Å². The summed E-state index contributed by atoms with van der Waals surface area (Å²) in [5.41, 5.74) is 1.81. The van der Waals surface area contributed by atoms with Gasteiger partial charge in [-0.2, -0.15) is 0 Å². The molecule has 1 fully saturated rings. The summed E-state index contributed by atoms with van der Waals surface area (Å²) < 4.78 is 19.9. The minimum Gasteiger partial charge on any atom is -0.490 e. The summed E-state index contributed by atoms with van der Waals surface area (Å²) in [7, 11) is 1.65. The van der Waals surface area contributed by atoms with Crippen LogP contribution in [-0.2, 0) is 4.79 Å². The monoisotopic (exact) mass is 427 g/mol. The minimum absolute atomic E-state index is 0.142. The van der Waals surface area contributed by atoms with Gasteiger partial charge in [0.15, 0.2) is 17.5 Å². The predicted octanol–water partition coefficient (Wildman–Crippen LogP) is 3.57. The number of benzene rings is 1. The highest BCUT2D eigenvalue weighted by Crippen LogP contribution is 2.30. The molecule has 1 amide bonds. The first-order valence-corrected chi connectivity index (χ1v) is 10.6. The molecule has 0 saturated heterocycles. The molecule has 0 aliphatic heterocycles. The van der Waals surface area contributed by atoms with E-state index >= 15 is 0 Å². The van der Waals surface area contributed by atoms with Gasteiger partial charge in [0.25, 0.3) is 0 Å². The number of anilines is 1. The lowest BCUT2D eigenvalue weighted by Crippen LogP contribution is -2.40. The molecule has 3 N–H and O–H groups in total. The Balaban J connectivity index is 1.43. The summed E-state index contributed by atoms with van der Waals surface area (Å²) in [6.45, 7) is 4.83. The molecule has 8 heteroatoms. The molecule has 31 heavy (non-hydrogen) atoms. The van der Waals surface area contributed by atoms with E-state index in [0.29, 0.717) is 36.6 Å². The number of aryl methyl sites for hydroxylation is 1. The number of nitrogens with one attached hydrogen (secondary N) is 3. The van der Waals surface area contributed by atoms with Crippen molar-refractivity contribution in [3.05, 3.63) is 53.5 Å². The Morgan fingerprint density at radius 2 is 2.13 bits per heavy atom. The van der Waals surface area contributed by atoms with Crippen molar-refractivity contribution < 1.29 is 13.9 Å². The first-order valence-electron chi connectivity index (χ1n) is 10.6. The lowest BCUT2D eigenvalue weighted by atomic mass is 10.1. The summed E-state index contributed by atoms with van der Waals surface area (Å²) in [5.74, 6) is 1.41. The molecule has 0 radical (unpaired) electrons. The van der Waals surface area contributed by atoms with Crippen LogP contribution in [-0.4, -0.2) is 37.1 Å². The van der Waals surface area contributed by atoms with Crippen molar-refractivity contribution in [2.24, 2.45) is 10.9 Å². The predicted molar refractivity (Wildman–Crippen MR) is 120 cm³/mol. The highest BCUT2D eigenvalue weighted by Gasteiger charge is 2.22. The maximum Gasteiger partial charge on any atom is 0.227 e. The molecule has 3 rings (SSSR count). The number of hydrogen-bond acceptors (Lipinski definition) is 4. The SMILES string of the molecule is CN=C(NCCC(=O)Nc1ccc(C)cn1)NC(C)c1ccc(OCC2CC2)c(F)c1. The number of rotatable bonds is 9. The van der Waals surface area contributed by atoms with Crippen LogP contribution in [0.15, 0.2) is 41.5 Å². The average molecular weight is 428 g/mol. The Bertz CT molecular complexity index is 913. The summed E-state index contributed by atoms with van der Waals surface area (Å²) in [6.07, 6.45) is 4.29. The fourth-order valence-corrected chi connectivity index (χ4v) is 2.92. The normalized spacial score (nSPS) is 14.6. The van der Waals surface area contributed by atoms with E-state index in [1.54, 1.807) is 25.4 Å². The Kier molecular flexibility index (Phi) is 7.81. The molecule has 0 spiro atoms. The van der Waals surface area contributed by atoms with Gasteiger partial charge in [-0.1, -0.05) is 12.1 Å². The van der Waals surface area contributed by atoms with Gasteiger partial charge < -0.3 is 20.7 Å². The highest BCUT2D eigenvalue weighted by atomic mass is 19.1. The van der Waals surface area contributed by atoms with E-state index in [1.807, 2.05) is 26.0 Å². The topological polar surface area (TPSA) is 87.6 Å². The third-order valence-electron chi connectivity index (χ3n) is 5.03. The Labute approximate surface area is 182 Å². The van der Waals surface area contributed by atoms with Gasteiger partial charge in [0.2, 0.25) is 5.91 Å². The van der Waals surface area contributed by atoms with Gasteiger partial charge in [0.05, 0.1) is 12.6 Å². The van der Waals surface area contributed by atoms with Gasteiger partial charge >= 0.3 is 0 Å². The summed E-state index contributed by atoms with van der Waals surface area (Å²) in [6, 6.07) is 8.48. The molecule has 0 bridgehead atoms. The van der Waals surface area contributed by atoms with Crippen LogP contribution in [0.2, 0.25) is 0 Å². The molecule has 1 aliphatic rings. The van der Waals surface area contributed by atoms with Gasteiger partial charge in [0.1, 0.15) is 5.82 Å². The number of ether oxygens (including phenoxy) is 1. The number of amides is 1. The second-order valence-corrected chi connectivity index (χ2v) is 7.83. The van der Waals surface area contributed by atoms with E-state index in [1.165, 1.54) is 6.07 Å². The summed E-state index contributed by atoms with van der Waals surface area (Å²) in [4.78, 5) is 20.4. The number of aliphatic imine (C=N–C) groups is 1. The van der Waals surface area contributed by atoms with E-state index in [4.69, 9.17) is 4.74 Å². The molecule has 1 aliphatic carbocycles. The molecule has 1 unspecified atom stereocenters. The zero-order valence-electron chi connectivity index (χ0n) is 18.2. The first-order chi connectivity index (χ1) is 14.9. The number of nitrogens with zero attached hydrogens (tertiary/aromatic N) is 2. The molecule has 1 aromatic carbocycles. The zero-order valence-corrected chi connectivity index (χ0v) is 18.2. The van der Waals surface area contributed by atoms with Gasteiger partial charge in [-0.25, -0.2) is 9.37 Å². The summed E-state index contributed by atoms with van der Waals surface area (Å²) in [5, 5.41) is 9.06. The fraction of sp³-hybridized carbons (Fsp3) is 0.435. The Morgan fingerprint density at radius 1 is 1.32 bits per heavy atom. The number of halogens is 1. The number of carbonyl (C=O) groups is 1. The molecule has 7 nitrogen and oxygen atoms in total. The first kappa shape index (κ1) is 22.5. The molecule has 2 aromatic rings. The van der Waals surface area contributed by atoms with Crippen molar-refractivity contribution in [3.63, 3.8) is 0 Å². The van der Waals surface area contributed by atoms with Gasteiger partial charge in [-0.05, 0) is 61.9 Å². The van der Waals surface area contributed by atoms with Crippen LogP contribution in [0.25, 0.3) is 0 Å². The average Bonchev–Trinajstić information content (AvgIpc) is 3.58. The van der Waals surface area contributed by atoms with Crippen molar-refractivity contribution in [2.75, 3.05) is 25.5 Å². The van der Waals surface area contributed by atoms with Crippen LogP contribution in [0.1, 0.15) is 43.4 Å². The second kappa shape index (κ2) is 10.7. The quantitative estimate of drug-likeness (QED) is 0.421. The van der Waals surface area contributed by atoms with E-state index in [2.05, 4.69) is 25.9 Å². The number of aromatic nitrogens is 1. The maximum absolute atomic E-state index is 14.3. The Morgan fingerprint density at radius 3 is 2.77 bits per heavy atom. The van der Waals surface area contributed by atoms with E-state index in [-0.39, 0.29) is 24.2 Å².